The predicted octanol–water partition coefficient (Wildman–Crippen LogP) is 3.30. The van der Waals surface area contributed by atoms with Gasteiger partial charge in [-0.05, 0) is 50.2 Å². The largest absolute Gasteiger partial charge is 0.491 e. The van der Waals surface area contributed by atoms with Crippen LogP contribution in [-0.4, -0.2) is 59.1 Å². The molecule has 7 heteroatoms. The van der Waals surface area contributed by atoms with Gasteiger partial charge in [0.25, 0.3) is 0 Å². The van der Waals surface area contributed by atoms with Crippen LogP contribution in [0.1, 0.15) is 30.4 Å². The van der Waals surface area contributed by atoms with E-state index in [1.165, 1.54) is 11.1 Å². The summed E-state index contributed by atoms with van der Waals surface area (Å²) in [6.45, 7) is 9.67. The van der Waals surface area contributed by atoms with Crippen molar-refractivity contribution in [1.29, 1.82) is 0 Å². The van der Waals surface area contributed by atoms with Gasteiger partial charge < -0.3 is 24.8 Å². The van der Waals surface area contributed by atoms with Crippen LogP contribution in [0, 0.1) is 19.8 Å². The molecule has 0 atom stereocenters. The Balaban J connectivity index is 0.00000392. The third-order valence-electron chi connectivity index (χ3n) is 4.73. The van der Waals surface area contributed by atoms with Crippen molar-refractivity contribution in [3.05, 3.63) is 29.3 Å². The predicted molar refractivity (Wildman–Crippen MR) is 125 cm³/mol. The number of rotatable bonds is 10. The Morgan fingerprint density at radius 2 is 1.79 bits per heavy atom. The molecule has 1 heterocycles. The molecule has 1 aliphatic heterocycles. The molecule has 0 bridgehead atoms. The standard InChI is InChI=1S/C21H35N3O3.HI/c1-17-6-4-7-18(2)20(17)27-15-11-24-21(22-3)23-10-5-12-26-16-19-8-13-25-14-9-19;/h4,6-7,19H,5,8-16H2,1-3H3,(H2,22,23,24);1H. The van der Waals surface area contributed by atoms with E-state index in [0.717, 1.165) is 63.9 Å². The van der Waals surface area contributed by atoms with Crippen LogP contribution in [0.3, 0.4) is 0 Å². The van der Waals surface area contributed by atoms with Crippen molar-refractivity contribution in [2.75, 3.05) is 53.2 Å². The number of benzene rings is 1. The molecule has 6 nitrogen and oxygen atoms in total. The number of hydrogen-bond acceptors (Lipinski definition) is 4. The van der Waals surface area contributed by atoms with Crippen LogP contribution in [0.4, 0.5) is 0 Å². The zero-order valence-electron chi connectivity index (χ0n) is 17.5. The van der Waals surface area contributed by atoms with Crippen LogP contribution < -0.4 is 15.4 Å². The first-order chi connectivity index (χ1) is 13.2. The number of nitrogens with one attached hydrogen (secondary N) is 2. The van der Waals surface area contributed by atoms with Crippen molar-refractivity contribution >= 4 is 29.9 Å². The van der Waals surface area contributed by atoms with Crippen LogP contribution >= 0.6 is 24.0 Å². The van der Waals surface area contributed by atoms with E-state index in [4.69, 9.17) is 14.2 Å². The highest BCUT2D eigenvalue weighted by atomic mass is 127. The molecule has 0 unspecified atom stereocenters. The van der Waals surface area contributed by atoms with Gasteiger partial charge in [0, 0.05) is 40.0 Å². The molecule has 0 saturated carbocycles. The SMILES string of the molecule is CN=C(NCCCOCC1CCOCC1)NCCOc1c(C)cccc1C.I. The average molecular weight is 505 g/mol. The van der Waals surface area contributed by atoms with Crippen LogP contribution in [0.25, 0.3) is 0 Å². The molecule has 0 aromatic heterocycles. The molecule has 160 valence electrons. The lowest BCUT2D eigenvalue weighted by molar-refractivity contribution is 0.0203. The van der Waals surface area contributed by atoms with Gasteiger partial charge in [0.2, 0.25) is 0 Å². The van der Waals surface area contributed by atoms with Crippen molar-refractivity contribution in [3.8, 4) is 5.75 Å². The lowest BCUT2D eigenvalue weighted by Crippen LogP contribution is -2.40. The summed E-state index contributed by atoms with van der Waals surface area (Å²) in [6, 6.07) is 6.19. The summed E-state index contributed by atoms with van der Waals surface area (Å²) >= 11 is 0. The van der Waals surface area contributed by atoms with Gasteiger partial charge in [0.15, 0.2) is 5.96 Å². The number of halogens is 1. The monoisotopic (exact) mass is 505 g/mol. The smallest absolute Gasteiger partial charge is 0.191 e. The number of aliphatic imine (C=N–C) groups is 1. The molecular weight excluding hydrogens is 469 g/mol. The van der Waals surface area contributed by atoms with Crippen molar-refractivity contribution in [2.24, 2.45) is 10.9 Å². The van der Waals surface area contributed by atoms with Gasteiger partial charge >= 0.3 is 0 Å². The molecule has 0 spiro atoms. The lowest BCUT2D eigenvalue weighted by Gasteiger charge is -2.21. The van der Waals surface area contributed by atoms with E-state index in [0.29, 0.717) is 19.1 Å². The first-order valence-corrected chi connectivity index (χ1v) is 9.99. The summed E-state index contributed by atoms with van der Waals surface area (Å²) in [6.07, 6.45) is 3.21. The molecule has 1 aromatic rings. The third kappa shape index (κ3) is 9.43. The molecule has 0 aliphatic carbocycles. The summed E-state index contributed by atoms with van der Waals surface area (Å²) in [5.74, 6) is 2.44. The number of ether oxygens (including phenoxy) is 3. The molecule has 1 fully saturated rings. The molecule has 0 radical (unpaired) electrons. The van der Waals surface area contributed by atoms with Gasteiger partial charge in [-0.15, -0.1) is 24.0 Å². The summed E-state index contributed by atoms with van der Waals surface area (Å²) in [5, 5.41) is 6.59. The number of aryl methyl sites for hydroxylation is 2. The molecule has 2 rings (SSSR count). The second-order valence-electron chi connectivity index (χ2n) is 6.98. The second kappa shape index (κ2) is 14.9. The Labute approximate surface area is 186 Å². The first kappa shape index (κ1) is 25.0. The molecular formula is C21H36IN3O3. The van der Waals surface area contributed by atoms with Gasteiger partial charge in [-0.2, -0.15) is 0 Å². The van der Waals surface area contributed by atoms with E-state index in [1.54, 1.807) is 7.05 Å². The third-order valence-corrected chi connectivity index (χ3v) is 4.73. The summed E-state index contributed by atoms with van der Waals surface area (Å²) < 4.78 is 17.1. The van der Waals surface area contributed by atoms with E-state index in [2.05, 4.69) is 47.7 Å². The van der Waals surface area contributed by atoms with Crippen molar-refractivity contribution in [3.63, 3.8) is 0 Å². The van der Waals surface area contributed by atoms with Crippen molar-refractivity contribution in [2.45, 2.75) is 33.1 Å². The fourth-order valence-electron chi connectivity index (χ4n) is 3.11. The highest BCUT2D eigenvalue weighted by Crippen LogP contribution is 2.21. The molecule has 0 amide bonds. The fraction of sp³-hybridized carbons (Fsp3) is 0.667. The van der Waals surface area contributed by atoms with E-state index < -0.39 is 0 Å². The normalized spacial score (nSPS) is 15.0. The van der Waals surface area contributed by atoms with Gasteiger partial charge in [0.1, 0.15) is 12.4 Å². The van der Waals surface area contributed by atoms with Crippen molar-refractivity contribution in [1.82, 2.24) is 10.6 Å². The summed E-state index contributed by atoms with van der Waals surface area (Å²) in [7, 11) is 1.78. The molecule has 28 heavy (non-hydrogen) atoms. The Hall–Kier alpha value is -1.06. The van der Waals surface area contributed by atoms with E-state index in [1.807, 2.05) is 0 Å². The summed E-state index contributed by atoms with van der Waals surface area (Å²) in [5.41, 5.74) is 2.33. The Kier molecular flexibility index (Phi) is 13.3. The minimum Gasteiger partial charge on any atom is -0.491 e. The highest BCUT2D eigenvalue weighted by molar-refractivity contribution is 14.0. The number of guanidine groups is 1. The number of para-hydroxylation sites is 1. The fourth-order valence-corrected chi connectivity index (χ4v) is 3.11. The van der Waals surface area contributed by atoms with Gasteiger partial charge in [-0.3, -0.25) is 4.99 Å². The maximum absolute atomic E-state index is 5.90. The maximum atomic E-state index is 5.90. The maximum Gasteiger partial charge on any atom is 0.191 e. The topological polar surface area (TPSA) is 64.1 Å². The first-order valence-electron chi connectivity index (χ1n) is 9.99. The van der Waals surface area contributed by atoms with Crippen LogP contribution in [-0.2, 0) is 9.47 Å². The minimum atomic E-state index is 0. The molecule has 1 saturated heterocycles. The Morgan fingerprint density at radius 1 is 1.11 bits per heavy atom. The van der Waals surface area contributed by atoms with E-state index >= 15 is 0 Å². The number of nitrogens with zero attached hydrogens (tertiary/aromatic N) is 1. The lowest BCUT2D eigenvalue weighted by atomic mass is 10.0. The minimum absolute atomic E-state index is 0. The van der Waals surface area contributed by atoms with Crippen molar-refractivity contribution < 1.29 is 14.2 Å². The number of hydrogen-bond donors (Lipinski definition) is 2. The molecule has 2 N–H and O–H groups in total. The Morgan fingerprint density at radius 3 is 2.46 bits per heavy atom. The van der Waals surface area contributed by atoms with Crippen LogP contribution in [0.5, 0.6) is 5.75 Å². The molecule has 1 aliphatic rings. The van der Waals surface area contributed by atoms with Crippen LogP contribution in [0.2, 0.25) is 0 Å². The van der Waals surface area contributed by atoms with E-state index in [9.17, 15) is 0 Å². The van der Waals surface area contributed by atoms with Gasteiger partial charge in [-0.1, -0.05) is 18.2 Å². The zero-order valence-corrected chi connectivity index (χ0v) is 19.8. The van der Waals surface area contributed by atoms with Crippen LogP contribution in [0.15, 0.2) is 23.2 Å². The second-order valence-corrected chi connectivity index (χ2v) is 6.98. The zero-order chi connectivity index (χ0) is 19.3. The summed E-state index contributed by atoms with van der Waals surface area (Å²) in [4.78, 5) is 4.24. The van der Waals surface area contributed by atoms with Gasteiger partial charge in [-0.25, -0.2) is 0 Å². The average Bonchev–Trinajstić information content (AvgIpc) is 2.68. The Bertz CT molecular complexity index is 558. The highest BCUT2D eigenvalue weighted by Gasteiger charge is 2.13. The van der Waals surface area contributed by atoms with Gasteiger partial charge in [0.05, 0.1) is 6.54 Å². The quantitative estimate of drug-likeness (QED) is 0.221. The van der Waals surface area contributed by atoms with E-state index in [-0.39, 0.29) is 24.0 Å². The molecule has 1 aromatic carbocycles.